The third kappa shape index (κ3) is 7.71. The number of aromatic nitrogens is 2. The Hall–Kier alpha value is -4.15. The quantitative estimate of drug-likeness (QED) is 0.155. The van der Waals surface area contributed by atoms with Crippen molar-refractivity contribution in [1.82, 2.24) is 15.3 Å². The number of carbonyl (C=O) groups is 2. The standard InChI is InChI=1S/C37H42BrN7O2/c1-24-34(36(47)45(43-24)30-9-5-4-6-10-30)27(21-33(46)26-15-17-28(38)18-16-26)23-39-22-25-13-19-29(20-14-25)40-37-41-32-12-8-7-11-31(32)35(42-37)44(2)3/h4-12,15-18,25,27,29,34,39H,13-14,19-23H2,1-3H3,(H,40,41,42). The minimum atomic E-state index is -0.462. The zero-order valence-corrected chi connectivity index (χ0v) is 28.8. The molecule has 9 nitrogen and oxygen atoms in total. The van der Waals surface area contributed by atoms with Gasteiger partial charge in [0.1, 0.15) is 5.82 Å². The van der Waals surface area contributed by atoms with Gasteiger partial charge in [0.15, 0.2) is 5.78 Å². The largest absolute Gasteiger partial charge is 0.362 e. The summed E-state index contributed by atoms with van der Waals surface area (Å²) in [6, 6.07) is 25.3. The third-order valence-corrected chi connectivity index (χ3v) is 9.82. The van der Waals surface area contributed by atoms with Crippen LogP contribution in [-0.4, -0.2) is 60.6 Å². The molecule has 1 saturated carbocycles. The van der Waals surface area contributed by atoms with Crippen LogP contribution in [0.4, 0.5) is 17.5 Å². The first-order valence-electron chi connectivity index (χ1n) is 16.4. The Bertz CT molecular complexity index is 1740. The average Bonchev–Trinajstić information content (AvgIpc) is 3.38. The van der Waals surface area contributed by atoms with E-state index >= 15 is 0 Å². The molecular formula is C37H42BrN7O2. The van der Waals surface area contributed by atoms with Crippen molar-refractivity contribution in [2.24, 2.45) is 22.9 Å². The summed E-state index contributed by atoms with van der Waals surface area (Å²) in [5.41, 5.74) is 3.07. The minimum absolute atomic E-state index is 0.0305. The smallest absolute Gasteiger partial charge is 0.256 e. The molecule has 1 fully saturated rings. The predicted molar refractivity (Wildman–Crippen MR) is 193 cm³/mol. The van der Waals surface area contributed by atoms with Gasteiger partial charge in [-0.3, -0.25) is 9.59 Å². The number of Topliss-reactive ketones (excluding diaryl/α,β-unsaturated/α-hetero) is 1. The zero-order chi connectivity index (χ0) is 32.9. The van der Waals surface area contributed by atoms with Crippen molar-refractivity contribution in [1.29, 1.82) is 0 Å². The summed E-state index contributed by atoms with van der Waals surface area (Å²) in [6.07, 6.45) is 4.48. The average molecular weight is 697 g/mol. The van der Waals surface area contributed by atoms with Gasteiger partial charge in [-0.2, -0.15) is 10.1 Å². The molecule has 0 saturated heterocycles. The number of halogens is 1. The molecule has 2 heterocycles. The molecule has 244 valence electrons. The molecule has 2 aliphatic rings. The lowest BCUT2D eigenvalue weighted by molar-refractivity contribution is -0.120. The summed E-state index contributed by atoms with van der Waals surface area (Å²) in [5, 5.41) is 14.4. The fraction of sp³-hybridized carbons (Fsp3) is 0.378. The number of nitrogens with zero attached hydrogens (tertiary/aromatic N) is 5. The van der Waals surface area contributed by atoms with E-state index in [1.54, 1.807) is 0 Å². The van der Waals surface area contributed by atoms with E-state index in [4.69, 9.17) is 9.97 Å². The number of para-hydroxylation sites is 2. The highest BCUT2D eigenvalue weighted by molar-refractivity contribution is 9.10. The highest BCUT2D eigenvalue weighted by Gasteiger charge is 2.40. The van der Waals surface area contributed by atoms with Gasteiger partial charge in [-0.1, -0.05) is 58.4 Å². The molecule has 1 aliphatic heterocycles. The van der Waals surface area contributed by atoms with E-state index in [0.717, 1.165) is 64.8 Å². The molecule has 6 rings (SSSR count). The van der Waals surface area contributed by atoms with Gasteiger partial charge in [0.05, 0.1) is 17.1 Å². The van der Waals surface area contributed by atoms with Crippen LogP contribution < -0.4 is 20.5 Å². The second-order valence-electron chi connectivity index (χ2n) is 12.9. The molecule has 0 spiro atoms. The first kappa shape index (κ1) is 32.8. The summed E-state index contributed by atoms with van der Waals surface area (Å²) in [4.78, 5) is 38.8. The number of hydrazone groups is 1. The lowest BCUT2D eigenvalue weighted by Gasteiger charge is -2.30. The highest BCUT2D eigenvalue weighted by Crippen LogP contribution is 2.32. The number of benzene rings is 3. The number of anilines is 3. The molecule has 2 N–H and O–H groups in total. The van der Waals surface area contributed by atoms with Crippen molar-refractivity contribution in [2.45, 2.75) is 45.1 Å². The summed E-state index contributed by atoms with van der Waals surface area (Å²) in [7, 11) is 4.02. The third-order valence-electron chi connectivity index (χ3n) is 9.29. The molecule has 1 amide bonds. The molecular weight excluding hydrogens is 654 g/mol. The van der Waals surface area contributed by atoms with Gasteiger partial charge in [0.2, 0.25) is 5.95 Å². The van der Waals surface area contributed by atoms with E-state index < -0.39 is 5.92 Å². The predicted octanol–water partition coefficient (Wildman–Crippen LogP) is 6.95. The van der Waals surface area contributed by atoms with Crippen molar-refractivity contribution in [2.75, 3.05) is 42.4 Å². The normalized spacial score (nSPS) is 20.3. The van der Waals surface area contributed by atoms with Crippen molar-refractivity contribution < 1.29 is 9.59 Å². The monoisotopic (exact) mass is 695 g/mol. The van der Waals surface area contributed by atoms with Gasteiger partial charge in [0, 0.05) is 47.7 Å². The number of amides is 1. The van der Waals surface area contributed by atoms with E-state index in [-0.39, 0.29) is 24.0 Å². The van der Waals surface area contributed by atoms with E-state index in [1.165, 1.54) is 5.01 Å². The van der Waals surface area contributed by atoms with Crippen LogP contribution in [0.15, 0.2) is 88.4 Å². The zero-order valence-electron chi connectivity index (χ0n) is 27.2. The van der Waals surface area contributed by atoms with Gasteiger partial charge >= 0.3 is 0 Å². The number of rotatable bonds is 12. The van der Waals surface area contributed by atoms with Gasteiger partial charge in [-0.05, 0) is 93.9 Å². The first-order chi connectivity index (χ1) is 22.8. The first-order valence-corrected chi connectivity index (χ1v) is 17.2. The maximum atomic E-state index is 13.7. The summed E-state index contributed by atoms with van der Waals surface area (Å²) in [6.45, 7) is 3.30. The Morgan fingerprint density at radius 3 is 2.38 bits per heavy atom. The van der Waals surface area contributed by atoms with Crippen LogP contribution in [0.5, 0.6) is 0 Å². The van der Waals surface area contributed by atoms with Crippen molar-refractivity contribution in [3.63, 3.8) is 0 Å². The van der Waals surface area contributed by atoms with Crippen molar-refractivity contribution in [3.8, 4) is 0 Å². The summed E-state index contributed by atoms with van der Waals surface area (Å²) < 4.78 is 0.924. The molecule has 2 unspecified atom stereocenters. The van der Waals surface area contributed by atoms with E-state index in [2.05, 4.69) is 37.7 Å². The van der Waals surface area contributed by atoms with Gasteiger partial charge < -0.3 is 15.5 Å². The van der Waals surface area contributed by atoms with E-state index in [1.807, 2.05) is 98.7 Å². The topological polar surface area (TPSA) is 103 Å². The molecule has 0 radical (unpaired) electrons. The Morgan fingerprint density at radius 2 is 1.66 bits per heavy atom. The maximum absolute atomic E-state index is 13.7. The van der Waals surface area contributed by atoms with E-state index in [0.29, 0.717) is 30.0 Å². The number of ketones is 1. The van der Waals surface area contributed by atoms with Crippen LogP contribution in [0, 0.1) is 17.8 Å². The van der Waals surface area contributed by atoms with Crippen molar-refractivity contribution in [3.05, 3.63) is 88.9 Å². The Balaban J connectivity index is 1.07. The number of nitrogens with one attached hydrogen (secondary N) is 2. The molecule has 2 atom stereocenters. The lowest BCUT2D eigenvalue weighted by atomic mass is 9.83. The number of fused-ring (bicyclic) bond motifs is 1. The fourth-order valence-corrected chi connectivity index (χ4v) is 7.07. The Morgan fingerprint density at radius 1 is 0.957 bits per heavy atom. The molecule has 1 aliphatic carbocycles. The van der Waals surface area contributed by atoms with Crippen LogP contribution in [0.1, 0.15) is 49.4 Å². The van der Waals surface area contributed by atoms with Gasteiger partial charge in [-0.25, -0.2) is 9.99 Å². The second kappa shape index (κ2) is 14.7. The lowest BCUT2D eigenvalue weighted by Crippen LogP contribution is -2.40. The van der Waals surface area contributed by atoms with Gasteiger partial charge in [-0.15, -0.1) is 0 Å². The fourth-order valence-electron chi connectivity index (χ4n) is 6.81. The Labute approximate surface area is 285 Å². The SMILES string of the molecule is CC1=NN(c2ccccc2)C(=O)C1C(CNCC1CCC(Nc2nc(N(C)C)c3ccccc3n2)CC1)CC(=O)c1ccc(Br)cc1. The van der Waals surface area contributed by atoms with Crippen molar-refractivity contribution >= 4 is 61.7 Å². The molecule has 3 aromatic carbocycles. The molecule has 47 heavy (non-hydrogen) atoms. The van der Waals surface area contributed by atoms with Crippen LogP contribution >= 0.6 is 15.9 Å². The number of hydrogen-bond donors (Lipinski definition) is 2. The number of hydrogen-bond acceptors (Lipinski definition) is 8. The van der Waals surface area contributed by atoms with Gasteiger partial charge in [0.25, 0.3) is 5.91 Å². The van der Waals surface area contributed by atoms with E-state index in [9.17, 15) is 9.59 Å². The van der Waals surface area contributed by atoms with Crippen LogP contribution in [0.3, 0.4) is 0 Å². The summed E-state index contributed by atoms with van der Waals surface area (Å²) >= 11 is 3.45. The second-order valence-corrected chi connectivity index (χ2v) is 13.8. The molecule has 10 heteroatoms. The van der Waals surface area contributed by atoms with Crippen LogP contribution in [0.25, 0.3) is 10.9 Å². The highest BCUT2D eigenvalue weighted by atomic mass is 79.9. The summed E-state index contributed by atoms with van der Waals surface area (Å²) in [5.74, 6) is 1.38. The Kier molecular flexibility index (Phi) is 10.3. The number of carbonyl (C=O) groups excluding carboxylic acids is 2. The minimum Gasteiger partial charge on any atom is -0.362 e. The maximum Gasteiger partial charge on any atom is 0.256 e. The molecule has 4 aromatic rings. The van der Waals surface area contributed by atoms with Crippen LogP contribution in [0.2, 0.25) is 0 Å². The molecule has 0 bridgehead atoms. The van der Waals surface area contributed by atoms with Crippen LogP contribution in [-0.2, 0) is 4.79 Å². The molecule has 1 aromatic heterocycles.